The average Bonchev–Trinajstić information content (AvgIpc) is 3.66. The van der Waals surface area contributed by atoms with E-state index in [1.54, 1.807) is 6.20 Å². The quantitative estimate of drug-likeness (QED) is 0.243. The van der Waals surface area contributed by atoms with Gasteiger partial charge in [0.25, 0.3) is 0 Å². The van der Waals surface area contributed by atoms with E-state index in [9.17, 15) is 0 Å². The van der Waals surface area contributed by atoms with Gasteiger partial charge in [-0.15, -0.1) is 0 Å². The largest absolute Gasteiger partial charge is 0.480 e. The number of ether oxygens (including phenoxy) is 2. The molecule has 2 fully saturated rings. The van der Waals surface area contributed by atoms with Crippen LogP contribution in [0.5, 0.6) is 5.88 Å². The number of fused-ring (bicyclic) bond motifs is 2. The van der Waals surface area contributed by atoms with E-state index >= 15 is 4.39 Å². The van der Waals surface area contributed by atoms with Crippen molar-refractivity contribution in [2.75, 3.05) is 45.4 Å². The lowest BCUT2D eigenvalue weighted by Gasteiger charge is -2.40. The number of benzene rings is 1. The smallest absolute Gasteiger partial charge is 0.227 e. The van der Waals surface area contributed by atoms with Gasteiger partial charge in [0.05, 0.1) is 29.7 Å². The van der Waals surface area contributed by atoms with E-state index in [0.29, 0.717) is 57.9 Å². The van der Waals surface area contributed by atoms with Gasteiger partial charge < -0.3 is 25.0 Å². The Morgan fingerprint density at radius 1 is 1.33 bits per heavy atom. The van der Waals surface area contributed by atoms with Crippen LogP contribution in [0.2, 0.25) is 5.02 Å². The lowest BCUT2D eigenvalue weighted by molar-refractivity contribution is 0.0661. The Balaban J connectivity index is 1.83. The topological polar surface area (TPSA) is 95.7 Å². The van der Waals surface area contributed by atoms with Crippen LogP contribution in [-0.4, -0.2) is 62.7 Å². The van der Waals surface area contributed by atoms with E-state index in [2.05, 4.69) is 39.5 Å². The number of aliphatic imine (C=N–C) groups is 1. The van der Waals surface area contributed by atoms with Crippen molar-refractivity contribution in [3.8, 4) is 5.88 Å². The van der Waals surface area contributed by atoms with Gasteiger partial charge in [-0.1, -0.05) is 31.4 Å². The Bertz CT molecular complexity index is 1610. The summed E-state index contributed by atoms with van der Waals surface area (Å²) in [7, 11) is 1.53. The Labute approximate surface area is 257 Å². The van der Waals surface area contributed by atoms with Crippen LogP contribution in [-0.2, 0) is 4.74 Å². The summed E-state index contributed by atoms with van der Waals surface area (Å²) < 4.78 is 28.9. The number of nitrogens with one attached hydrogen (secondary N) is 2. The maximum Gasteiger partial charge on any atom is 0.227 e. The number of azo groups is 1. The average molecular weight is 612 g/mol. The first kappa shape index (κ1) is 31.3. The second kappa shape index (κ2) is 13.7. The highest BCUT2D eigenvalue weighted by Crippen LogP contribution is 2.44. The van der Waals surface area contributed by atoms with Crippen LogP contribution in [0.1, 0.15) is 64.4 Å². The molecule has 2 aliphatic heterocycles. The summed E-state index contributed by atoms with van der Waals surface area (Å²) in [4.78, 5) is 11.2. The third-order valence-electron chi connectivity index (χ3n) is 9.02. The van der Waals surface area contributed by atoms with Gasteiger partial charge in [-0.25, -0.2) is 14.4 Å². The van der Waals surface area contributed by atoms with Crippen LogP contribution in [0.3, 0.4) is 0 Å². The molecule has 5 rings (SSSR count). The number of unbranched alkanes of at least 4 members (excludes halogenated alkanes) is 1. The molecule has 3 aliphatic rings. The first-order valence-electron chi connectivity index (χ1n) is 15.4. The Hall–Kier alpha value is -3.08. The Kier molecular flexibility index (Phi) is 9.99. The first-order chi connectivity index (χ1) is 20.9. The molecule has 0 amide bonds. The maximum absolute atomic E-state index is 17.2. The molecule has 1 aliphatic carbocycles. The molecule has 11 heteroatoms. The molecule has 3 heterocycles. The zero-order chi connectivity index (χ0) is 30.6. The number of aromatic nitrogens is 1. The summed E-state index contributed by atoms with van der Waals surface area (Å²) in [6.07, 6.45) is 9.01. The highest BCUT2D eigenvalue weighted by Gasteiger charge is 2.44. The van der Waals surface area contributed by atoms with Crippen molar-refractivity contribution >= 4 is 41.7 Å². The molecule has 9 nitrogen and oxygen atoms in total. The summed E-state index contributed by atoms with van der Waals surface area (Å²) in [5.74, 6) is 0.145. The number of aryl methyl sites for hydroxylation is 1. The van der Waals surface area contributed by atoms with E-state index in [0.717, 1.165) is 57.1 Å². The van der Waals surface area contributed by atoms with Crippen molar-refractivity contribution in [1.29, 1.82) is 0 Å². The monoisotopic (exact) mass is 611 g/mol. The van der Waals surface area contributed by atoms with Crippen molar-refractivity contribution < 1.29 is 13.9 Å². The first-order valence-corrected chi connectivity index (χ1v) is 15.8. The van der Waals surface area contributed by atoms with Crippen LogP contribution in [0.15, 0.2) is 21.3 Å². The maximum atomic E-state index is 17.2. The fraction of sp³-hybridized carbons (Fsp3) is 0.562. The van der Waals surface area contributed by atoms with Gasteiger partial charge in [-0.05, 0) is 70.8 Å². The van der Waals surface area contributed by atoms with Crippen LogP contribution in [0, 0.1) is 28.7 Å². The Morgan fingerprint density at radius 2 is 2.14 bits per heavy atom. The van der Waals surface area contributed by atoms with E-state index in [-0.39, 0.29) is 29.1 Å². The number of nitrogens with zero attached hydrogens (tertiary/aromatic N) is 5. The number of rotatable bonds is 12. The van der Waals surface area contributed by atoms with E-state index in [4.69, 9.17) is 26.1 Å². The number of methoxy groups -OCH3 is 1. The lowest BCUT2D eigenvalue weighted by atomic mass is 9.75. The second-order valence-corrected chi connectivity index (χ2v) is 12.0. The molecule has 232 valence electrons. The summed E-state index contributed by atoms with van der Waals surface area (Å²) in [5, 5.41) is 17.5. The number of anilines is 1. The standard InChI is InChI=1S/C32H43ClFN7O2/c1-6-8-15-41(19-43-7-2)30(35-4)25-28(37-18-32-12-9-11-23(32)36-14-10-13-32)27(34)29(39-31(25)42-5)24-21-17-38-40-22(21)16-20(3)26(24)33/h16-17,23,36-37H,4,6-15,18-19H2,1-3,5H3/b29-24+,30-25-. The van der Waals surface area contributed by atoms with Gasteiger partial charge in [0.15, 0.2) is 5.82 Å². The summed E-state index contributed by atoms with van der Waals surface area (Å²) in [6.45, 7) is 12.9. The molecule has 0 radical (unpaired) electrons. The molecule has 2 unspecified atom stereocenters. The highest BCUT2D eigenvalue weighted by molar-refractivity contribution is 6.31. The number of pyridine rings is 1. The molecule has 1 aromatic carbocycles. The van der Waals surface area contributed by atoms with Gasteiger partial charge in [-0.3, -0.25) is 0 Å². The van der Waals surface area contributed by atoms with Crippen molar-refractivity contribution in [2.24, 2.45) is 20.6 Å². The van der Waals surface area contributed by atoms with Gasteiger partial charge in [-0.2, -0.15) is 10.2 Å². The van der Waals surface area contributed by atoms with Crippen LogP contribution >= 0.6 is 11.6 Å². The molecule has 2 N–H and O–H groups in total. The molecule has 1 saturated heterocycles. The molecular formula is C32H43ClFN7O2. The second-order valence-electron chi connectivity index (χ2n) is 11.6. The SMILES string of the molecule is C=N/C(=c1/c(OC)n/c(=c2/c(Cl)c(C)cc3c2=CN=N3)c(F)c1NCC12CCCNC1CCC2)N(CCCC)COCC. The normalized spacial score (nSPS) is 22.0. The van der Waals surface area contributed by atoms with Crippen molar-refractivity contribution in [2.45, 2.75) is 71.8 Å². The van der Waals surface area contributed by atoms with Gasteiger partial charge >= 0.3 is 0 Å². The fourth-order valence-electron chi connectivity index (χ4n) is 6.77. The zero-order valence-corrected chi connectivity index (χ0v) is 26.5. The molecule has 1 saturated carbocycles. The molecule has 0 bridgehead atoms. The Morgan fingerprint density at radius 3 is 2.88 bits per heavy atom. The molecule has 0 spiro atoms. The van der Waals surface area contributed by atoms with Crippen LogP contribution in [0.4, 0.5) is 15.8 Å². The number of halogens is 2. The molecule has 2 atom stereocenters. The minimum Gasteiger partial charge on any atom is -0.480 e. The lowest BCUT2D eigenvalue weighted by Crippen LogP contribution is -2.50. The minimum atomic E-state index is -0.534. The van der Waals surface area contributed by atoms with Crippen molar-refractivity contribution in [3.05, 3.63) is 43.5 Å². The van der Waals surface area contributed by atoms with Gasteiger partial charge in [0.1, 0.15) is 23.1 Å². The highest BCUT2D eigenvalue weighted by atomic mass is 35.5. The summed E-state index contributed by atoms with van der Waals surface area (Å²) in [5.41, 5.74) is 1.68. The number of hydrogen-bond acceptors (Lipinski definition) is 9. The van der Waals surface area contributed by atoms with E-state index in [1.165, 1.54) is 7.11 Å². The van der Waals surface area contributed by atoms with Crippen LogP contribution < -0.4 is 25.8 Å². The molecule has 2 aromatic rings. The van der Waals surface area contributed by atoms with Crippen molar-refractivity contribution in [3.63, 3.8) is 0 Å². The summed E-state index contributed by atoms with van der Waals surface area (Å²) >= 11 is 6.86. The fourth-order valence-corrected chi connectivity index (χ4v) is 7.01. The third-order valence-corrected chi connectivity index (χ3v) is 9.51. The van der Waals surface area contributed by atoms with E-state index in [1.807, 2.05) is 24.8 Å². The predicted octanol–water partition coefficient (Wildman–Crippen LogP) is 5.51. The molecular weight excluding hydrogens is 569 g/mol. The van der Waals surface area contributed by atoms with E-state index < -0.39 is 5.82 Å². The number of hydrogen-bond donors (Lipinski definition) is 2. The summed E-state index contributed by atoms with van der Waals surface area (Å²) in [6, 6.07) is 2.25. The van der Waals surface area contributed by atoms with Crippen LogP contribution in [0.25, 0.3) is 12.0 Å². The van der Waals surface area contributed by atoms with Crippen molar-refractivity contribution in [1.82, 2.24) is 15.2 Å². The minimum absolute atomic E-state index is 0.0292. The number of piperidine rings is 1. The molecule has 1 aromatic heterocycles. The zero-order valence-electron chi connectivity index (χ0n) is 25.7. The third kappa shape index (κ3) is 6.01. The predicted molar refractivity (Wildman–Crippen MR) is 170 cm³/mol. The molecule has 43 heavy (non-hydrogen) atoms. The van der Waals surface area contributed by atoms with Gasteiger partial charge in [0, 0.05) is 41.6 Å². The van der Waals surface area contributed by atoms with Gasteiger partial charge in [0.2, 0.25) is 5.88 Å².